The van der Waals surface area contributed by atoms with E-state index in [0.717, 1.165) is 29.8 Å². The van der Waals surface area contributed by atoms with Crippen molar-refractivity contribution in [3.8, 4) is 11.5 Å². The van der Waals surface area contributed by atoms with Crippen LogP contribution < -0.4 is 10.2 Å². The van der Waals surface area contributed by atoms with Crippen LogP contribution in [-0.2, 0) is 13.0 Å². The number of para-hydroxylation sites is 1. The number of benzene rings is 2. The molecule has 1 aliphatic heterocycles. The Kier molecular flexibility index (Phi) is 5.75. The van der Waals surface area contributed by atoms with Crippen LogP contribution in [0.25, 0.3) is 11.5 Å². The molecule has 1 aliphatic rings. The first-order valence-corrected chi connectivity index (χ1v) is 11.2. The molecule has 2 aromatic heterocycles. The van der Waals surface area contributed by atoms with Gasteiger partial charge in [-0.2, -0.15) is 0 Å². The number of carbonyl (C=O) groups excluding carboxylic acids is 1. The Balaban J connectivity index is 1.38. The number of nitrogens with zero attached hydrogens (tertiary/aromatic N) is 6. The fourth-order valence-corrected chi connectivity index (χ4v) is 4.14. The van der Waals surface area contributed by atoms with E-state index in [1.54, 1.807) is 28.9 Å². The summed E-state index contributed by atoms with van der Waals surface area (Å²) in [5.74, 6) is -0.301. The predicted octanol–water partition coefficient (Wildman–Crippen LogP) is 4.27. The van der Waals surface area contributed by atoms with Crippen LogP contribution in [0.4, 0.5) is 15.9 Å². The SMILES string of the molecule is CC(C)n1nnnc1-c1cccc(NC(=O)c2cc3c(cc2F)CCN(c2ccccc2)C3)n1. The number of carbonyl (C=O) groups is 1. The maximum atomic E-state index is 14.9. The molecule has 1 N–H and O–H groups in total. The van der Waals surface area contributed by atoms with Gasteiger partial charge in [-0.05, 0) is 78.2 Å². The van der Waals surface area contributed by atoms with Gasteiger partial charge in [-0.1, -0.05) is 24.3 Å². The summed E-state index contributed by atoms with van der Waals surface area (Å²) in [5, 5.41) is 14.5. The molecule has 4 aromatic rings. The highest BCUT2D eigenvalue weighted by Gasteiger charge is 2.22. The number of hydrogen-bond donors (Lipinski definition) is 1. The van der Waals surface area contributed by atoms with Crippen LogP contribution in [0, 0.1) is 5.82 Å². The van der Waals surface area contributed by atoms with Crippen molar-refractivity contribution in [1.29, 1.82) is 0 Å². The zero-order valence-electron chi connectivity index (χ0n) is 18.9. The largest absolute Gasteiger partial charge is 0.367 e. The molecule has 0 radical (unpaired) electrons. The lowest BCUT2D eigenvalue weighted by Crippen LogP contribution is -2.31. The van der Waals surface area contributed by atoms with Crippen molar-refractivity contribution in [2.75, 3.05) is 16.8 Å². The topological polar surface area (TPSA) is 88.8 Å². The quantitative estimate of drug-likeness (QED) is 0.482. The van der Waals surface area contributed by atoms with Gasteiger partial charge in [0.1, 0.15) is 17.3 Å². The Morgan fingerprint density at radius 3 is 2.68 bits per heavy atom. The second kappa shape index (κ2) is 9.01. The van der Waals surface area contributed by atoms with Gasteiger partial charge >= 0.3 is 0 Å². The highest BCUT2D eigenvalue weighted by Crippen LogP contribution is 2.27. The molecule has 172 valence electrons. The fraction of sp³-hybridized carbons (Fsp3) is 0.240. The standard InChI is InChI=1S/C25H24FN7O/c1-16(2)33-24(29-30-31-33)22-9-6-10-23(27-22)28-25(34)20-13-18-15-32(19-7-4-3-5-8-19)12-11-17(18)14-21(20)26/h3-10,13-14,16H,11-12,15H2,1-2H3,(H,27,28,34). The average molecular weight is 458 g/mol. The van der Waals surface area contributed by atoms with Crippen LogP contribution in [0.5, 0.6) is 0 Å². The van der Waals surface area contributed by atoms with E-state index in [4.69, 9.17) is 0 Å². The Bertz CT molecular complexity index is 1340. The highest BCUT2D eigenvalue weighted by molar-refractivity contribution is 6.04. The molecule has 0 saturated heterocycles. The van der Waals surface area contributed by atoms with Crippen LogP contribution in [0.1, 0.15) is 41.4 Å². The lowest BCUT2D eigenvalue weighted by atomic mass is 9.96. The van der Waals surface area contributed by atoms with Gasteiger partial charge in [-0.25, -0.2) is 14.1 Å². The summed E-state index contributed by atoms with van der Waals surface area (Å²) in [5.41, 5.74) is 3.49. The Hall–Kier alpha value is -4.14. The van der Waals surface area contributed by atoms with Gasteiger partial charge in [-0.3, -0.25) is 4.79 Å². The molecule has 0 atom stereocenters. The first kappa shape index (κ1) is 21.7. The van der Waals surface area contributed by atoms with Crippen molar-refractivity contribution in [1.82, 2.24) is 25.2 Å². The number of hydrogen-bond acceptors (Lipinski definition) is 6. The van der Waals surface area contributed by atoms with Crippen LogP contribution in [0.3, 0.4) is 0 Å². The summed E-state index contributed by atoms with van der Waals surface area (Å²) in [6, 6.07) is 18.4. The van der Waals surface area contributed by atoms with E-state index in [-0.39, 0.29) is 11.6 Å². The van der Waals surface area contributed by atoms with Gasteiger partial charge in [0.15, 0.2) is 0 Å². The third kappa shape index (κ3) is 4.24. The van der Waals surface area contributed by atoms with Gasteiger partial charge in [0.2, 0.25) is 5.82 Å². The number of tetrazole rings is 1. The molecule has 2 aromatic carbocycles. The smallest absolute Gasteiger partial charge is 0.259 e. The maximum absolute atomic E-state index is 14.9. The molecule has 9 heteroatoms. The molecule has 0 saturated carbocycles. The van der Waals surface area contributed by atoms with Gasteiger partial charge in [0.05, 0.1) is 11.6 Å². The lowest BCUT2D eigenvalue weighted by molar-refractivity contribution is 0.102. The molecular formula is C25H24FN7O. The second-order valence-corrected chi connectivity index (χ2v) is 8.51. The Labute approximate surface area is 196 Å². The minimum atomic E-state index is -0.551. The molecule has 0 fully saturated rings. The first-order chi connectivity index (χ1) is 16.5. The normalized spacial score (nSPS) is 13.1. The lowest BCUT2D eigenvalue weighted by Gasteiger charge is -2.31. The van der Waals surface area contributed by atoms with Crippen molar-refractivity contribution in [3.05, 3.63) is 83.2 Å². The molecule has 0 unspecified atom stereocenters. The van der Waals surface area contributed by atoms with Crippen LogP contribution in [-0.4, -0.2) is 37.6 Å². The van der Waals surface area contributed by atoms with E-state index < -0.39 is 11.7 Å². The average Bonchev–Trinajstić information content (AvgIpc) is 3.35. The van der Waals surface area contributed by atoms with E-state index in [0.29, 0.717) is 23.9 Å². The minimum Gasteiger partial charge on any atom is -0.367 e. The zero-order chi connectivity index (χ0) is 23.7. The number of aromatic nitrogens is 5. The van der Waals surface area contributed by atoms with Gasteiger partial charge in [0, 0.05) is 18.8 Å². The number of amides is 1. The minimum absolute atomic E-state index is 0.00659. The van der Waals surface area contributed by atoms with E-state index in [1.165, 1.54) is 6.07 Å². The van der Waals surface area contributed by atoms with Crippen molar-refractivity contribution >= 4 is 17.4 Å². The second-order valence-electron chi connectivity index (χ2n) is 8.51. The van der Waals surface area contributed by atoms with Crippen molar-refractivity contribution in [2.24, 2.45) is 0 Å². The van der Waals surface area contributed by atoms with E-state index >= 15 is 0 Å². The van der Waals surface area contributed by atoms with E-state index in [2.05, 4.69) is 42.9 Å². The number of anilines is 2. The zero-order valence-corrected chi connectivity index (χ0v) is 18.9. The number of halogens is 1. The van der Waals surface area contributed by atoms with Crippen LogP contribution in [0.15, 0.2) is 60.7 Å². The molecule has 0 aliphatic carbocycles. The van der Waals surface area contributed by atoms with Crippen molar-refractivity contribution < 1.29 is 9.18 Å². The molecule has 0 bridgehead atoms. The monoisotopic (exact) mass is 457 g/mol. The highest BCUT2D eigenvalue weighted by atomic mass is 19.1. The van der Waals surface area contributed by atoms with E-state index in [1.807, 2.05) is 32.0 Å². The van der Waals surface area contributed by atoms with Gasteiger partial charge < -0.3 is 10.2 Å². The molecular weight excluding hydrogens is 433 g/mol. The fourth-order valence-electron chi connectivity index (χ4n) is 4.14. The summed E-state index contributed by atoms with van der Waals surface area (Å²) >= 11 is 0. The predicted molar refractivity (Wildman–Crippen MR) is 127 cm³/mol. The molecule has 0 spiro atoms. The molecule has 3 heterocycles. The molecule has 5 rings (SSSR count). The van der Waals surface area contributed by atoms with Crippen LogP contribution >= 0.6 is 0 Å². The number of pyridine rings is 1. The molecule has 34 heavy (non-hydrogen) atoms. The van der Waals surface area contributed by atoms with E-state index in [9.17, 15) is 9.18 Å². The van der Waals surface area contributed by atoms with Crippen molar-refractivity contribution in [3.63, 3.8) is 0 Å². The Morgan fingerprint density at radius 1 is 1.06 bits per heavy atom. The van der Waals surface area contributed by atoms with Crippen molar-refractivity contribution in [2.45, 2.75) is 32.9 Å². The summed E-state index contributed by atoms with van der Waals surface area (Å²) in [4.78, 5) is 19.7. The molecule has 1 amide bonds. The third-order valence-corrected chi connectivity index (χ3v) is 5.87. The number of nitrogens with one attached hydrogen (secondary N) is 1. The number of rotatable bonds is 5. The van der Waals surface area contributed by atoms with Gasteiger partial charge in [0.25, 0.3) is 5.91 Å². The molecule has 8 nitrogen and oxygen atoms in total. The summed E-state index contributed by atoms with van der Waals surface area (Å²) in [6.07, 6.45) is 0.719. The van der Waals surface area contributed by atoms with Crippen LogP contribution in [0.2, 0.25) is 0 Å². The Morgan fingerprint density at radius 2 is 1.88 bits per heavy atom. The number of fused-ring (bicyclic) bond motifs is 1. The third-order valence-electron chi connectivity index (χ3n) is 5.87. The summed E-state index contributed by atoms with van der Waals surface area (Å²) in [7, 11) is 0. The summed E-state index contributed by atoms with van der Waals surface area (Å²) < 4.78 is 16.5. The van der Waals surface area contributed by atoms with Gasteiger partial charge in [-0.15, -0.1) is 5.10 Å². The first-order valence-electron chi connectivity index (χ1n) is 11.2. The maximum Gasteiger partial charge on any atom is 0.259 e. The summed E-state index contributed by atoms with van der Waals surface area (Å²) in [6.45, 7) is 5.34.